The van der Waals surface area contributed by atoms with Gasteiger partial charge in [0.25, 0.3) is 0 Å². The highest BCUT2D eigenvalue weighted by molar-refractivity contribution is 5.43. The Kier molecular flexibility index (Phi) is 3.83. The van der Waals surface area contributed by atoms with E-state index in [1.165, 1.54) is 36.8 Å². The molecule has 0 spiro atoms. The second kappa shape index (κ2) is 5.35. The molecular formula is C14H21NO. The summed E-state index contributed by atoms with van der Waals surface area (Å²) in [6.45, 7) is 1.10. The summed E-state index contributed by atoms with van der Waals surface area (Å²) < 4.78 is 5.45. The van der Waals surface area contributed by atoms with Crippen LogP contribution in [-0.4, -0.2) is 20.7 Å². The predicted molar refractivity (Wildman–Crippen MR) is 67.2 cm³/mol. The Labute approximate surface area is 98.0 Å². The molecule has 0 aromatic heterocycles. The Morgan fingerprint density at radius 2 is 2.31 bits per heavy atom. The molecule has 0 bridgehead atoms. The molecule has 0 fully saturated rings. The highest BCUT2D eigenvalue weighted by Crippen LogP contribution is 2.37. The highest BCUT2D eigenvalue weighted by atomic mass is 16.5. The monoisotopic (exact) mass is 219 g/mol. The quantitative estimate of drug-likeness (QED) is 0.840. The fourth-order valence-electron chi connectivity index (χ4n) is 2.72. The lowest BCUT2D eigenvalue weighted by Crippen LogP contribution is -2.16. The van der Waals surface area contributed by atoms with E-state index >= 15 is 0 Å². The van der Waals surface area contributed by atoms with Crippen LogP contribution in [0.25, 0.3) is 0 Å². The van der Waals surface area contributed by atoms with Gasteiger partial charge in [0, 0.05) is 0 Å². The standard InChI is InChI=1S/C14H21NO/c1-15-10-9-11-5-3-7-13-12(11)6-4-8-14(13)16-2/h4,6,8,11,15H,3,5,7,9-10H2,1-2H3. The largest absolute Gasteiger partial charge is 0.496 e. The van der Waals surface area contributed by atoms with Gasteiger partial charge in [0.15, 0.2) is 0 Å². The fourth-order valence-corrected chi connectivity index (χ4v) is 2.72. The third-order valence-electron chi connectivity index (χ3n) is 3.55. The normalized spacial score (nSPS) is 19.2. The zero-order valence-electron chi connectivity index (χ0n) is 10.3. The van der Waals surface area contributed by atoms with Gasteiger partial charge in [-0.2, -0.15) is 0 Å². The Bertz CT molecular complexity index is 349. The molecule has 2 heteroatoms. The molecule has 1 aromatic carbocycles. The lowest BCUT2D eigenvalue weighted by molar-refractivity contribution is 0.401. The minimum Gasteiger partial charge on any atom is -0.496 e. The molecule has 1 aliphatic carbocycles. The van der Waals surface area contributed by atoms with Gasteiger partial charge in [-0.1, -0.05) is 12.1 Å². The molecule has 0 heterocycles. The molecule has 0 amide bonds. The Morgan fingerprint density at radius 3 is 3.06 bits per heavy atom. The van der Waals surface area contributed by atoms with Crippen LogP contribution in [0.5, 0.6) is 5.75 Å². The van der Waals surface area contributed by atoms with Crippen molar-refractivity contribution in [3.63, 3.8) is 0 Å². The number of fused-ring (bicyclic) bond motifs is 1. The number of nitrogens with one attached hydrogen (secondary N) is 1. The predicted octanol–water partition coefficient (Wildman–Crippen LogP) is 2.72. The molecule has 0 saturated heterocycles. The van der Waals surface area contributed by atoms with Crippen molar-refractivity contribution in [3.8, 4) is 5.75 Å². The zero-order valence-corrected chi connectivity index (χ0v) is 10.3. The number of ether oxygens (including phenoxy) is 1. The maximum Gasteiger partial charge on any atom is 0.122 e. The fraction of sp³-hybridized carbons (Fsp3) is 0.571. The van der Waals surface area contributed by atoms with Crippen LogP contribution in [0.15, 0.2) is 18.2 Å². The molecule has 0 saturated carbocycles. The molecule has 1 unspecified atom stereocenters. The Hall–Kier alpha value is -1.02. The maximum atomic E-state index is 5.45. The number of benzene rings is 1. The summed E-state index contributed by atoms with van der Waals surface area (Å²) in [5.41, 5.74) is 2.96. The van der Waals surface area contributed by atoms with Gasteiger partial charge in [0.2, 0.25) is 0 Å². The number of methoxy groups -OCH3 is 1. The van der Waals surface area contributed by atoms with E-state index in [0.29, 0.717) is 5.92 Å². The molecule has 2 nitrogen and oxygen atoms in total. The first-order valence-corrected chi connectivity index (χ1v) is 6.17. The van der Waals surface area contributed by atoms with Crippen LogP contribution in [0.2, 0.25) is 0 Å². The van der Waals surface area contributed by atoms with Crippen molar-refractivity contribution in [2.75, 3.05) is 20.7 Å². The summed E-state index contributed by atoms with van der Waals surface area (Å²) in [7, 11) is 3.79. The summed E-state index contributed by atoms with van der Waals surface area (Å²) >= 11 is 0. The minimum absolute atomic E-state index is 0.714. The molecule has 16 heavy (non-hydrogen) atoms. The summed E-state index contributed by atoms with van der Waals surface area (Å²) in [5, 5.41) is 3.24. The van der Waals surface area contributed by atoms with E-state index in [2.05, 4.69) is 23.5 Å². The van der Waals surface area contributed by atoms with Crippen molar-refractivity contribution in [1.82, 2.24) is 5.32 Å². The van der Waals surface area contributed by atoms with Crippen molar-refractivity contribution >= 4 is 0 Å². The van der Waals surface area contributed by atoms with Gasteiger partial charge >= 0.3 is 0 Å². The molecule has 1 aliphatic rings. The van der Waals surface area contributed by atoms with Crippen molar-refractivity contribution in [3.05, 3.63) is 29.3 Å². The number of rotatable bonds is 4. The van der Waals surface area contributed by atoms with Gasteiger partial charge in [-0.25, -0.2) is 0 Å². The van der Waals surface area contributed by atoms with E-state index in [1.54, 1.807) is 7.11 Å². The van der Waals surface area contributed by atoms with Crippen LogP contribution in [0.4, 0.5) is 0 Å². The van der Waals surface area contributed by atoms with E-state index in [9.17, 15) is 0 Å². The molecule has 0 aliphatic heterocycles. The minimum atomic E-state index is 0.714. The van der Waals surface area contributed by atoms with Crippen molar-refractivity contribution < 1.29 is 4.74 Å². The average molecular weight is 219 g/mol. The van der Waals surface area contributed by atoms with Crippen LogP contribution in [0.1, 0.15) is 36.3 Å². The maximum absolute atomic E-state index is 5.45. The Balaban J connectivity index is 2.24. The van der Waals surface area contributed by atoms with Gasteiger partial charge < -0.3 is 10.1 Å². The van der Waals surface area contributed by atoms with E-state index in [-0.39, 0.29) is 0 Å². The molecule has 88 valence electrons. The van der Waals surface area contributed by atoms with Crippen LogP contribution in [0.3, 0.4) is 0 Å². The number of hydrogen-bond acceptors (Lipinski definition) is 2. The molecule has 0 radical (unpaired) electrons. The van der Waals surface area contributed by atoms with Crippen molar-refractivity contribution in [2.45, 2.75) is 31.6 Å². The third kappa shape index (κ3) is 2.22. The molecule has 1 N–H and O–H groups in total. The van der Waals surface area contributed by atoms with Gasteiger partial charge in [0.1, 0.15) is 5.75 Å². The molecule has 1 aromatic rings. The van der Waals surface area contributed by atoms with E-state index in [0.717, 1.165) is 12.3 Å². The van der Waals surface area contributed by atoms with Gasteiger partial charge in [-0.15, -0.1) is 0 Å². The summed E-state index contributed by atoms with van der Waals surface area (Å²) in [4.78, 5) is 0. The summed E-state index contributed by atoms with van der Waals surface area (Å²) in [6, 6.07) is 6.48. The van der Waals surface area contributed by atoms with Gasteiger partial charge in [0.05, 0.1) is 7.11 Å². The van der Waals surface area contributed by atoms with E-state index < -0.39 is 0 Å². The van der Waals surface area contributed by atoms with Crippen LogP contribution in [-0.2, 0) is 6.42 Å². The second-order valence-electron chi connectivity index (χ2n) is 4.51. The van der Waals surface area contributed by atoms with Crippen LogP contribution >= 0.6 is 0 Å². The molecular weight excluding hydrogens is 198 g/mol. The Morgan fingerprint density at radius 1 is 1.44 bits per heavy atom. The van der Waals surface area contributed by atoms with E-state index in [4.69, 9.17) is 4.74 Å². The first-order valence-electron chi connectivity index (χ1n) is 6.17. The smallest absolute Gasteiger partial charge is 0.122 e. The van der Waals surface area contributed by atoms with Crippen LogP contribution in [0, 0.1) is 0 Å². The average Bonchev–Trinajstić information content (AvgIpc) is 2.35. The van der Waals surface area contributed by atoms with Crippen molar-refractivity contribution in [2.24, 2.45) is 0 Å². The molecule has 1 atom stereocenters. The van der Waals surface area contributed by atoms with E-state index in [1.807, 2.05) is 7.05 Å². The lowest BCUT2D eigenvalue weighted by Gasteiger charge is -2.26. The summed E-state index contributed by atoms with van der Waals surface area (Å²) in [6.07, 6.45) is 5.02. The zero-order chi connectivity index (χ0) is 11.4. The third-order valence-corrected chi connectivity index (χ3v) is 3.55. The molecule has 2 rings (SSSR count). The SMILES string of the molecule is CNCCC1CCCc2c(OC)cccc21. The second-order valence-corrected chi connectivity index (χ2v) is 4.51. The first-order chi connectivity index (χ1) is 7.86. The van der Waals surface area contributed by atoms with Gasteiger partial charge in [-0.3, -0.25) is 0 Å². The van der Waals surface area contributed by atoms with Crippen molar-refractivity contribution in [1.29, 1.82) is 0 Å². The highest BCUT2D eigenvalue weighted by Gasteiger charge is 2.21. The van der Waals surface area contributed by atoms with Crippen LogP contribution < -0.4 is 10.1 Å². The topological polar surface area (TPSA) is 21.3 Å². The number of hydrogen-bond donors (Lipinski definition) is 1. The van der Waals surface area contributed by atoms with Gasteiger partial charge in [-0.05, 0) is 62.4 Å². The summed E-state index contributed by atoms with van der Waals surface area (Å²) in [5.74, 6) is 1.79. The lowest BCUT2D eigenvalue weighted by atomic mass is 9.80. The first kappa shape index (κ1) is 11.5.